The van der Waals surface area contributed by atoms with Crippen LogP contribution in [0.4, 0.5) is 23.3 Å². The number of rotatable bonds is 6. The summed E-state index contributed by atoms with van der Waals surface area (Å²) in [5.41, 5.74) is 1.64. The summed E-state index contributed by atoms with van der Waals surface area (Å²) in [6, 6.07) is 9.84. The van der Waals surface area contributed by atoms with E-state index < -0.39 is 10.0 Å². The van der Waals surface area contributed by atoms with Crippen LogP contribution in [0.15, 0.2) is 47.5 Å². The Hall–Kier alpha value is -2.98. The van der Waals surface area contributed by atoms with Gasteiger partial charge in [0.2, 0.25) is 16.0 Å². The van der Waals surface area contributed by atoms with Gasteiger partial charge in [-0.15, -0.1) is 0 Å². The highest BCUT2D eigenvalue weighted by atomic mass is 32.2. The average molecular weight is 371 g/mol. The van der Waals surface area contributed by atoms with Crippen molar-refractivity contribution >= 4 is 33.3 Å². The maximum atomic E-state index is 11.4. The Morgan fingerprint density at radius 1 is 1.12 bits per heavy atom. The molecule has 10 heteroatoms. The highest BCUT2D eigenvalue weighted by molar-refractivity contribution is 7.89. The van der Waals surface area contributed by atoms with Crippen LogP contribution >= 0.6 is 0 Å². The quantitative estimate of drug-likeness (QED) is 0.521. The Labute approximate surface area is 150 Å². The fourth-order valence-corrected chi connectivity index (χ4v) is 3.06. The number of H-pyrrole nitrogens is 1. The first-order valence-electron chi connectivity index (χ1n) is 8.03. The minimum absolute atomic E-state index is 0.0147. The molecule has 134 valence electrons. The summed E-state index contributed by atoms with van der Waals surface area (Å²) in [4.78, 5) is 8.51. The molecule has 1 fully saturated rings. The second kappa shape index (κ2) is 6.39. The SMILES string of the molecule is NS(=O)(=O)c1cccc(Nc2nccc(Nc3cc(C4CC4)[nH]n3)n2)c1. The summed E-state index contributed by atoms with van der Waals surface area (Å²) in [5.74, 6) is 2.16. The molecule has 0 radical (unpaired) electrons. The number of hydrogen-bond donors (Lipinski definition) is 4. The number of hydrogen-bond acceptors (Lipinski definition) is 7. The standard InChI is InChI=1S/C16H17N7O2S/c17-26(24,25)12-3-1-2-11(8-12)19-16-18-7-6-14(21-16)20-15-9-13(22-23-15)10-4-5-10/h1-3,6-10H,4-5H2,(H2,17,24,25)(H3,18,19,20,21,22,23). The maximum absolute atomic E-state index is 11.4. The average Bonchev–Trinajstić information content (AvgIpc) is 3.35. The molecule has 5 N–H and O–H groups in total. The van der Waals surface area contributed by atoms with E-state index in [1.54, 1.807) is 24.4 Å². The number of primary sulfonamides is 1. The van der Waals surface area contributed by atoms with Crippen LogP contribution in [0.25, 0.3) is 0 Å². The first kappa shape index (κ1) is 16.5. The van der Waals surface area contributed by atoms with E-state index in [9.17, 15) is 8.42 Å². The number of nitrogens with zero attached hydrogens (tertiary/aromatic N) is 3. The predicted octanol–water partition coefficient (Wildman–Crippen LogP) is 2.21. The van der Waals surface area contributed by atoms with Gasteiger partial charge in [0.15, 0.2) is 5.82 Å². The van der Waals surface area contributed by atoms with E-state index in [2.05, 4.69) is 30.8 Å². The van der Waals surface area contributed by atoms with Crippen LogP contribution in [0.1, 0.15) is 24.5 Å². The second-order valence-electron chi connectivity index (χ2n) is 6.07. The van der Waals surface area contributed by atoms with E-state index in [1.165, 1.54) is 25.0 Å². The molecule has 0 aliphatic heterocycles. The molecule has 3 aromatic rings. The fraction of sp³-hybridized carbons (Fsp3) is 0.188. The number of anilines is 4. The minimum atomic E-state index is -3.77. The monoisotopic (exact) mass is 371 g/mol. The van der Waals surface area contributed by atoms with Crippen LogP contribution < -0.4 is 15.8 Å². The summed E-state index contributed by atoms with van der Waals surface area (Å²) in [5, 5.41) is 18.5. The molecule has 1 aliphatic carbocycles. The van der Waals surface area contributed by atoms with E-state index in [4.69, 9.17) is 5.14 Å². The van der Waals surface area contributed by atoms with Gasteiger partial charge in [0.1, 0.15) is 5.82 Å². The first-order valence-corrected chi connectivity index (χ1v) is 9.57. The summed E-state index contributed by atoms with van der Waals surface area (Å²) in [6.45, 7) is 0. The van der Waals surface area contributed by atoms with Crippen molar-refractivity contribution in [3.05, 3.63) is 48.3 Å². The molecular weight excluding hydrogens is 354 g/mol. The third-order valence-electron chi connectivity index (χ3n) is 3.95. The third-order valence-corrected chi connectivity index (χ3v) is 4.86. The van der Waals surface area contributed by atoms with Crippen molar-refractivity contribution in [3.8, 4) is 0 Å². The molecule has 9 nitrogen and oxygen atoms in total. The van der Waals surface area contributed by atoms with Crippen molar-refractivity contribution in [2.45, 2.75) is 23.7 Å². The van der Waals surface area contributed by atoms with E-state index in [0.29, 0.717) is 29.2 Å². The van der Waals surface area contributed by atoms with Gasteiger partial charge in [0.25, 0.3) is 0 Å². The van der Waals surface area contributed by atoms with Gasteiger partial charge in [0, 0.05) is 29.6 Å². The van der Waals surface area contributed by atoms with Gasteiger partial charge in [-0.05, 0) is 37.1 Å². The number of sulfonamides is 1. The van der Waals surface area contributed by atoms with Crippen LogP contribution in [0.2, 0.25) is 0 Å². The predicted molar refractivity (Wildman–Crippen MR) is 97.0 cm³/mol. The number of nitrogens with two attached hydrogens (primary N) is 1. The lowest BCUT2D eigenvalue weighted by atomic mass is 10.3. The molecule has 0 spiro atoms. The van der Waals surface area contributed by atoms with Crippen molar-refractivity contribution in [1.82, 2.24) is 20.2 Å². The van der Waals surface area contributed by atoms with Gasteiger partial charge < -0.3 is 10.6 Å². The van der Waals surface area contributed by atoms with Gasteiger partial charge in [-0.3, -0.25) is 5.10 Å². The summed E-state index contributed by atoms with van der Waals surface area (Å²) < 4.78 is 22.9. The van der Waals surface area contributed by atoms with Crippen LogP contribution in [-0.4, -0.2) is 28.6 Å². The van der Waals surface area contributed by atoms with Crippen LogP contribution in [0.3, 0.4) is 0 Å². The molecular formula is C16H17N7O2S. The lowest BCUT2D eigenvalue weighted by Gasteiger charge is -2.08. The lowest BCUT2D eigenvalue weighted by molar-refractivity contribution is 0.598. The lowest BCUT2D eigenvalue weighted by Crippen LogP contribution is -2.12. The van der Waals surface area contributed by atoms with Crippen molar-refractivity contribution in [1.29, 1.82) is 0 Å². The van der Waals surface area contributed by atoms with Crippen LogP contribution in [0, 0.1) is 0 Å². The van der Waals surface area contributed by atoms with Gasteiger partial charge in [-0.25, -0.2) is 18.5 Å². The molecule has 4 rings (SSSR count). The number of aromatic amines is 1. The summed E-state index contributed by atoms with van der Waals surface area (Å²) in [7, 11) is -3.77. The third kappa shape index (κ3) is 3.81. The summed E-state index contributed by atoms with van der Waals surface area (Å²) >= 11 is 0. The Bertz CT molecular complexity index is 1040. The largest absolute Gasteiger partial charge is 0.324 e. The van der Waals surface area contributed by atoms with Crippen molar-refractivity contribution in [3.63, 3.8) is 0 Å². The first-order chi connectivity index (χ1) is 12.5. The van der Waals surface area contributed by atoms with E-state index in [0.717, 1.165) is 5.69 Å². The fourth-order valence-electron chi connectivity index (χ4n) is 2.50. The molecule has 1 aliphatic rings. The zero-order valence-electron chi connectivity index (χ0n) is 13.7. The Balaban J connectivity index is 1.50. The molecule has 0 amide bonds. The summed E-state index contributed by atoms with van der Waals surface area (Å²) in [6.07, 6.45) is 3.98. The number of benzene rings is 1. The van der Waals surface area contributed by atoms with E-state index >= 15 is 0 Å². The molecule has 0 atom stereocenters. The van der Waals surface area contributed by atoms with Gasteiger partial charge >= 0.3 is 0 Å². The smallest absolute Gasteiger partial charge is 0.238 e. The maximum Gasteiger partial charge on any atom is 0.238 e. The topological polar surface area (TPSA) is 139 Å². The molecule has 26 heavy (non-hydrogen) atoms. The number of aromatic nitrogens is 4. The number of nitrogens with one attached hydrogen (secondary N) is 3. The Morgan fingerprint density at radius 2 is 1.96 bits per heavy atom. The van der Waals surface area contributed by atoms with Gasteiger partial charge in [-0.2, -0.15) is 10.1 Å². The normalized spacial score (nSPS) is 14.2. The highest BCUT2D eigenvalue weighted by Gasteiger charge is 2.25. The molecule has 1 aromatic carbocycles. The molecule has 2 aromatic heterocycles. The van der Waals surface area contributed by atoms with Crippen molar-refractivity contribution in [2.24, 2.45) is 5.14 Å². The highest BCUT2D eigenvalue weighted by Crippen LogP contribution is 2.39. The van der Waals surface area contributed by atoms with Crippen molar-refractivity contribution < 1.29 is 8.42 Å². The van der Waals surface area contributed by atoms with Crippen LogP contribution in [0.5, 0.6) is 0 Å². The van der Waals surface area contributed by atoms with Gasteiger partial charge in [0.05, 0.1) is 4.90 Å². The molecule has 1 saturated carbocycles. The zero-order chi connectivity index (χ0) is 18.1. The van der Waals surface area contributed by atoms with E-state index in [1.807, 2.05) is 6.07 Å². The van der Waals surface area contributed by atoms with Gasteiger partial charge in [-0.1, -0.05) is 6.07 Å². The van der Waals surface area contributed by atoms with Crippen LogP contribution in [-0.2, 0) is 10.0 Å². The Morgan fingerprint density at radius 3 is 2.73 bits per heavy atom. The Kier molecular flexibility index (Phi) is 4.05. The van der Waals surface area contributed by atoms with Crippen molar-refractivity contribution in [2.75, 3.05) is 10.6 Å². The molecule has 0 bridgehead atoms. The molecule has 0 saturated heterocycles. The minimum Gasteiger partial charge on any atom is -0.324 e. The van der Waals surface area contributed by atoms with E-state index in [-0.39, 0.29) is 4.90 Å². The zero-order valence-corrected chi connectivity index (χ0v) is 14.5. The molecule has 2 heterocycles. The second-order valence-corrected chi connectivity index (χ2v) is 7.63. The molecule has 0 unspecified atom stereocenters.